The highest BCUT2D eigenvalue weighted by Gasteiger charge is 2.23. The average molecular weight is 297 g/mol. The third-order valence-electron chi connectivity index (χ3n) is 3.14. The summed E-state index contributed by atoms with van der Waals surface area (Å²) < 4.78 is 5.09. The van der Waals surface area contributed by atoms with Crippen LogP contribution in [0.25, 0.3) is 0 Å². The van der Waals surface area contributed by atoms with E-state index in [4.69, 9.17) is 16.3 Å². The van der Waals surface area contributed by atoms with Crippen molar-refractivity contribution >= 4 is 23.4 Å². The monoisotopic (exact) mass is 296 g/mol. The molecule has 0 saturated carbocycles. The number of carbonyl (C=O) groups excluding carboxylic acids is 2. The molecule has 3 nitrogen and oxygen atoms in total. The fourth-order valence-electron chi connectivity index (χ4n) is 1.85. The molecular weight excluding hydrogens is 276 g/mol. The van der Waals surface area contributed by atoms with Crippen molar-refractivity contribution in [1.82, 2.24) is 0 Å². The zero-order valence-electron chi connectivity index (χ0n) is 12.2. The fraction of sp³-hybridized carbons (Fsp3) is 0.500. The van der Waals surface area contributed by atoms with Crippen LogP contribution in [0.2, 0.25) is 0 Å². The van der Waals surface area contributed by atoms with Gasteiger partial charge in [-0.1, -0.05) is 32.0 Å². The number of esters is 1. The van der Waals surface area contributed by atoms with Gasteiger partial charge < -0.3 is 4.74 Å². The standard InChI is InChI=1S/C16H21ClO3/c1-12(18)20-11-16(2,3)14-7-4-6-13(10-14)15(19)8-5-9-17/h4,6-7,10H,5,8-9,11H2,1-3H3. The number of alkyl halides is 1. The maximum absolute atomic E-state index is 12.0. The number of carbonyl (C=O) groups is 2. The number of halogens is 1. The number of Topliss-reactive ketones (excluding diaryl/α,β-unsaturated/α-hetero) is 1. The van der Waals surface area contributed by atoms with Crippen LogP contribution in [-0.4, -0.2) is 24.2 Å². The molecule has 110 valence electrons. The number of benzene rings is 1. The Kier molecular flexibility index (Phi) is 6.21. The molecule has 0 aliphatic carbocycles. The zero-order chi connectivity index (χ0) is 15.2. The summed E-state index contributed by atoms with van der Waals surface area (Å²) in [6.07, 6.45) is 1.14. The molecule has 1 aromatic rings. The van der Waals surface area contributed by atoms with Gasteiger partial charge in [-0.2, -0.15) is 0 Å². The largest absolute Gasteiger partial charge is 0.465 e. The molecule has 0 heterocycles. The van der Waals surface area contributed by atoms with E-state index in [9.17, 15) is 9.59 Å². The molecule has 0 amide bonds. The smallest absolute Gasteiger partial charge is 0.302 e. The SMILES string of the molecule is CC(=O)OCC(C)(C)c1cccc(C(=O)CCCCl)c1. The number of hydrogen-bond acceptors (Lipinski definition) is 3. The lowest BCUT2D eigenvalue weighted by Crippen LogP contribution is -2.26. The van der Waals surface area contributed by atoms with E-state index in [1.165, 1.54) is 6.92 Å². The second-order valence-electron chi connectivity index (χ2n) is 5.46. The van der Waals surface area contributed by atoms with Crippen LogP contribution >= 0.6 is 11.6 Å². The van der Waals surface area contributed by atoms with Crippen LogP contribution < -0.4 is 0 Å². The van der Waals surface area contributed by atoms with Gasteiger partial charge in [0, 0.05) is 30.2 Å². The Balaban J connectivity index is 2.85. The summed E-state index contributed by atoms with van der Waals surface area (Å²) in [5.41, 5.74) is 1.34. The molecule has 1 rings (SSSR count). The van der Waals surface area contributed by atoms with Crippen LogP contribution in [0.15, 0.2) is 24.3 Å². The molecule has 0 fully saturated rings. The van der Waals surface area contributed by atoms with Gasteiger partial charge in [-0.15, -0.1) is 11.6 Å². The van der Waals surface area contributed by atoms with E-state index in [0.29, 0.717) is 30.9 Å². The van der Waals surface area contributed by atoms with Gasteiger partial charge in [-0.25, -0.2) is 0 Å². The number of rotatable bonds is 7. The number of ether oxygens (including phenoxy) is 1. The highest BCUT2D eigenvalue weighted by molar-refractivity contribution is 6.18. The Labute approximate surface area is 125 Å². The Morgan fingerprint density at radius 1 is 1.30 bits per heavy atom. The molecule has 0 N–H and O–H groups in total. The molecule has 0 radical (unpaired) electrons. The van der Waals surface area contributed by atoms with Crippen molar-refractivity contribution in [3.05, 3.63) is 35.4 Å². The summed E-state index contributed by atoms with van der Waals surface area (Å²) >= 11 is 5.61. The van der Waals surface area contributed by atoms with Gasteiger partial charge in [0.05, 0.1) is 0 Å². The van der Waals surface area contributed by atoms with E-state index < -0.39 is 0 Å². The van der Waals surface area contributed by atoms with Crippen molar-refractivity contribution in [2.24, 2.45) is 0 Å². The molecule has 0 bridgehead atoms. The van der Waals surface area contributed by atoms with Gasteiger partial charge in [-0.3, -0.25) is 9.59 Å². The highest BCUT2D eigenvalue weighted by atomic mass is 35.5. The van der Waals surface area contributed by atoms with Gasteiger partial charge in [0.15, 0.2) is 5.78 Å². The molecular formula is C16H21ClO3. The third kappa shape index (κ3) is 4.97. The Bertz CT molecular complexity index is 480. The van der Waals surface area contributed by atoms with E-state index in [-0.39, 0.29) is 17.2 Å². The third-order valence-corrected chi connectivity index (χ3v) is 3.41. The second-order valence-corrected chi connectivity index (χ2v) is 5.84. The molecule has 0 aliphatic heterocycles. The second kappa shape index (κ2) is 7.44. The first-order chi connectivity index (χ1) is 9.36. The van der Waals surface area contributed by atoms with E-state index in [1.54, 1.807) is 0 Å². The van der Waals surface area contributed by atoms with Crippen LogP contribution in [0.5, 0.6) is 0 Å². The number of ketones is 1. The first-order valence-corrected chi connectivity index (χ1v) is 7.23. The first-order valence-electron chi connectivity index (χ1n) is 6.70. The summed E-state index contributed by atoms with van der Waals surface area (Å²) in [6.45, 7) is 5.65. The van der Waals surface area contributed by atoms with Gasteiger partial charge in [0.25, 0.3) is 0 Å². The van der Waals surface area contributed by atoms with Crippen LogP contribution in [0, 0.1) is 0 Å². The molecule has 1 aromatic carbocycles. The normalized spacial score (nSPS) is 11.2. The van der Waals surface area contributed by atoms with E-state index in [1.807, 2.05) is 38.1 Å². The average Bonchev–Trinajstić information content (AvgIpc) is 2.43. The lowest BCUT2D eigenvalue weighted by atomic mass is 9.84. The predicted molar refractivity (Wildman–Crippen MR) is 80.4 cm³/mol. The summed E-state index contributed by atoms with van der Waals surface area (Å²) in [5.74, 6) is 0.284. The lowest BCUT2D eigenvalue weighted by molar-refractivity contribution is -0.142. The van der Waals surface area contributed by atoms with Crippen molar-refractivity contribution in [1.29, 1.82) is 0 Å². The summed E-state index contributed by atoms with van der Waals surface area (Å²) in [4.78, 5) is 22.9. The maximum atomic E-state index is 12.0. The minimum absolute atomic E-state index is 0.0933. The molecule has 0 saturated heterocycles. The van der Waals surface area contributed by atoms with E-state index in [0.717, 1.165) is 5.56 Å². The Morgan fingerprint density at radius 3 is 2.60 bits per heavy atom. The van der Waals surface area contributed by atoms with Gasteiger partial charge in [-0.05, 0) is 18.1 Å². The van der Waals surface area contributed by atoms with Crippen molar-refractivity contribution in [3.8, 4) is 0 Å². The summed E-state index contributed by atoms with van der Waals surface area (Å²) in [5, 5.41) is 0. The fourth-order valence-corrected chi connectivity index (χ4v) is 1.98. The molecule has 0 unspecified atom stereocenters. The lowest BCUT2D eigenvalue weighted by Gasteiger charge is -2.25. The van der Waals surface area contributed by atoms with Crippen LogP contribution in [-0.2, 0) is 14.9 Å². The predicted octanol–water partition coefficient (Wildman–Crippen LogP) is 3.73. The van der Waals surface area contributed by atoms with E-state index in [2.05, 4.69) is 0 Å². The highest BCUT2D eigenvalue weighted by Crippen LogP contribution is 2.25. The minimum atomic E-state index is -0.325. The molecule has 20 heavy (non-hydrogen) atoms. The van der Waals surface area contributed by atoms with Gasteiger partial charge in [0.1, 0.15) is 6.61 Å². The van der Waals surface area contributed by atoms with Crippen LogP contribution in [0.3, 0.4) is 0 Å². The quantitative estimate of drug-likeness (QED) is 0.437. The van der Waals surface area contributed by atoms with Crippen molar-refractivity contribution in [2.75, 3.05) is 12.5 Å². The van der Waals surface area contributed by atoms with Crippen molar-refractivity contribution < 1.29 is 14.3 Å². The summed E-state index contributed by atoms with van der Waals surface area (Å²) in [6, 6.07) is 7.49. The molecule has 4 heteroatoms. The van der Waals surface area contributed by atoms with E-state index >= 15 is 0 Å². The molecule has 0 aliphatic rings. The molecule has 0 spiro atoms. The Morgan fingerprint density at radius 2 is 2.00 bits per heavy atom. The maximum Gasteiger partial charge on any atom is 0.302 e. The van der Waals surface area contributed by atoms with Crippen molar-refractivity contribution in [2.45, 2.75) is 39.0 Å². The number of hydrogen-bond donors (Lipinski definition) is 0. The summed E-state index contributed by atoms with van der Waals surface area (Å²) in [7, 11) is 0. The van der Waals surface area contributed by atoms with Crippen LogP contribution in [0.4, 0.5) is 0 Å². The first kappa shape index (κ1) is 16.7. The zero-order valence-corrected chi connectivity index (χ0v) is 13.0. The molecule has 0 aromatic heterocycles. The van der Waals surface area contributed by atoms with Crippen LogP contribution in [0.1, 0.15) is 49.5 Å². The van der Waals surface area contributed by atoms with Gasteiger partial charge >= 0.3 is 5.97 Å². The van der Waals surface area contributed by atoms with Gasteiger partial charge in [0.2, 0.25) is 0 Å². The Hall–Kier alpha value is -1.35. The topological polar surface area (TPSA) is 43.4 Å². The van der Waals surface area contributed by atoms with Crippen molar-refractivity contribution in [3.63, 3.8) is 0 Å². The molecule has 0 atom stereocenters. The minimum Gasteiger partial charge on any atom is -0.465 e.